The van der Waals surface area contributed by atoms with Crippen LogP contribution in [0.2, 0.25) is 0 Å². The molecule has 1 rings (SSSR count). The van der Waals surface area contributed by atoms with Gasteiger partial charge in [0.05, 0.1) is 0 Å². The van der Waals surface area contributed by atoms with Crippen LogP contribution in [-0.2, 0) is 0 Å². The van der Waals surface area contributed by atoms with Crippen LogP contribution < -0.4 is 5.73 Å². The van der Waals surface area contributed by atoms with Gasteiger partial charge in [-0.3, -0.25) is 0 Å². The van der Waals surface area contributed by atoms with Gasteiger partial charge in [0, 0.05) is 0 Å². The average Bonchev–Trinajstić information content (AvgIpc) is 2.43. The molecule has 2 nitrogen and oxygen atoms in total. The Kier molecular flexibility index (Phi) is 7.38. The molecule has 1 aliphatic heterocycles. The van der Waals surface area contributed by atoms with Crippen molar-refractivity contribution in [3.63, 3.8) is 0 Å². The molecule has 1 fully saturated rings. The van der Waals surface area contributed by atoms with E-state index in [1.165, 1.54) is 58.2 Å². The van der Waals surface area contributed by atoms with Gasteiger partial charge in [0.2, 0.25) is 0 Å². The molecular weight excluding hydrogens is 232 g/mol. The first kappa shape index (κ1) is 17.0. The quantitative estimate of drug-likeness (QED) is 0.723. The van der Waals surface area contributed by atoms with Gasteiger partial charge in [0.1, 0.15) is 0 Å². The third-order valence-corrected chi connectivity index (χ3v) is 5.41. The summed E-state index contributed by atoms with van der Waals surface area (Å²) in [4.78, 5) is 2.67. The molecule has 0 spiro atoms. The number of piperidine rings is 1. The molecule has 0 bridgehead atoms. The Morgan fingerprint density at radius 1 is 1.11 bits per heavy atom. The van der Waals surface area contributed by atoms with Crippen LogP contribution in [0.5, 0.6) is 0 Å². The molecule has 2 N–H and O–H groups in total. The zero-order valence-corrected chi connectivity index (χ0v) is 13.8. The summed E-state index contributed by atoms with van der Waals surface area (Å²) in [6.45, 7) is 14.1. The fraction of sp³-hybridized carbons (Fsp3) is 1.00. The summed E-state index contributed by atoms with van der Waals surface area (Å²) in [6, 6.07) is 0. The van der Waals surface area contributed by atoms with Crippen LogP contribution in [0.1, 0.15) is 66.2 Å². The number of rotatable bonds is 8. The zero-order valence-electron chi connectivity index (χ0n) is 13.8. The summed E-state index contributed by atoms with van der Waals surface area (Å²) < 4.78 is 0. The SMILES string of the molecule is CCC1(CC)CCN(CCC(CN)CC(C)C)CC1. The van der Waals surface area contributed by atoms with Crippen LogP contribution in [0.4, 0.5) is 0 Å². The van der Waals surface area contributed by atoms with Gasteiger partial charge in [-0.25, -0.2) is 0 Å². The maximum Gasteiger partial charge on any atom is -0.00134 e. The Bertz CT molecular complexity index is 223. The van der Waals surface area contributed by atoms with E-state index in [0.29, 0.717) is 5.41 Å². The Morgan fingerprint density at radius 3 is 2.11 bits per heavy atom. The van der Waals surface area contributed by atoms with E-state index < -0.39 is 0 Å². The molecule has 0 aromatic rings. The molecule has 114 valence electrons. The van der Waals surface area contributed by atoms with Gasteiger partial charge in [-0.05, 0) is 69.1 Å². The highest BCUT2D eigenvalue weighted by molar-refractivity contribution is 4.84. The minimum absolute atomic E-state index is 0.654. The van der Waals surface area contributed by atoms with E-state index in [2.05, 4.69) is 32.6 Å². The van der Waals surface area contributed by atoms with Gasteiger partial charge >= 0.3 is 0 Å². The number of hydrogen-bond donors (Lipinski definition) is 1. The van der Waals surface area contributed by atoms with Crippen molar-refractivity contribution >= 4 is 0 Å². The third kappa shape index (κ3) is 5.43. The average molecular weight is 268 g/mol. The van der Waals surface area contributed by atoms with Crippen LogP contribution in [0, 0.1) is 17.3 Å². The summed E-state index contributed by atoms with van der Waals surface area (Å²) in [5.74, 6) is 1.51. The van der Waals surface area contributed by atoms with Crippen molar-refractivity contribution in [2.24, 2.45) is 23.0 Å². The monoisotopic (exact) mass is 268 g/mol. The molecule has 2 heteroatoms. The fourth-order valence-electron chi connectivity index (χ4n) is 3.57. The van der Waals surface area contributed by atoms with Crippen molar-refractivity contribution in [1.82, 2.24) is 4.90 Å². The minimum atomic E-state index is 0.654. The molecule has 1 aliphatic rings. The number of hydrogen-bond acceptors (Lipinski definition) is 2. The molecule has 1 unspecified atom stereocenters. The third-order valence-electron chi connectivity index (χ3n) is 5.41. The van der Waals surface area contributed by atoms with E-state index in [-0.39, 0.29) is 0 Å². The second-order valence-electron chi connectivity index (χ2n) is 7.07. The first-order valence-corrected chi connectivity index (χ1v) is 8.47. The standard InChI is InChI=1S/C17H36N2/c1-5-17(6-2)8-11-19(12-9-17)10-7-16(14-18)13-15(3)4/h15-16H,5-14,18H2,1-4H3. The van der Waals surface area contributed by atoms with E-state index in [0.717, 1.165) is 18.4 Å². The maximum absolute atomic E-state index is 5.90. The number of likely N-dealkylation sites (tertiary alicyclic amines) is 1. The van der Waals surface area contributed by atoms with Crippen molar-refractivity contribution in [1.29, 1.82) is 0 Å². The van der Waals surface area contributed by atoms with Crippen molar-refractivity contribution in [3.05, 3.63) is 0 Å². The maximum atomic E-state index is 5.90. The highest BCUT2D eigenvalue weighted by Gasteiger charge is 2.31. The fourth-order valence-corrected chi connectivity index (χ4v) is 3.57. The van der Waals surface area contributed by atoms with E-state index in [1.54, 1.807) is 0 Å². The van der Waals surface area contributed by atoms with Gasteiger partial charge in [-0.2, -0.15) is 0 Å². The lowest BCUT2D eigenvalue weighted by molar-refractivity contribution is 0.0907. The predicted octanol–water partition coefficient (Wildman–Crippen LogP) is 3.90. The van der Waals surface area contributed by atoms with E-state index in [4.69, 9.17) is 5.73 Å². The molecule has 1 saturated heterocycles. The minimum Gasteiger partial charge on any atom is -0.330 e. The molecule has 0 aromatic heterocycles. The second-order valence-corrected chi connectivity index (χ2v) is 7.07. The molecule has 0 amide bonds. The first-order valence-electron chi connectivity index (χ1n) is 8.47. The van der Waals surface area contributed by atoms with Gasteiger partial charge in [-0.1, -0.05) is 40.5 Å². The molecule has 0 radical (unpaired) electrons. The summed E-state index contributed by atoms with van der Waals surface area (Å²) in [7, 11) is 0. The molecule has 1 atom stereocenters. The molecule has 19 heavy (non-hydrogen) atoms. The summed E-state index contributed by atoms with van der Waals surface area (Å²) in [5.41, 5.74) is 6.56. The van der Waals surface area contributed by atoms with Crippen molar-refractivity contribution in [2.45, 2.75) is 66.2 Å². The highest BCUT2D eigenvalue weighted by Crippen LogP contribution is 2.37. The van der Waals surface area contributed by atoms with Crippen LogP contribution in [0.3, 0.4) is 0 Å². The molecular formula is C17H36N2. The first-order chi connectivity index (χ1) is 9.05. The zero-order chi connectivity index (χ0) is 14.3. The Labute approximate surface area is 121 Å². The van der Waals surface area contributed by atoms with Crippen LogP contribution in [-0.4, -0.2) is 31.1 Å². The highest BCUT2D eigenvalue weighted by atomic mass is 15.1. The second kappa shape index (κ2) is 8.26. The van der Waals surface area contributed by atoms with E-state index in [9.17, 15) is 0 Å². The lowest BCUT2D eigenvalue weighted by Gasteiger charge is -2.41. The van der Waals surface area contributed by atoms with Gasteiger partial charge in [0.15, 0.2) is 0 Å². The number of nitrogens with two attached hydrogens (primary N) is 1. The molecule has 0 saturated carbocycles. The number of nitrogens with zero attached hydrogens (tertiary/aromatic N) is 1. The van der Waals surface area contributed by atoms with Crippen molar-refractivity contribution < 1.29 is 0 Å². The summed E-state index contributed by atoms with van der Waals surface area (Å²) >= 11 is 0. The largest absolute Gasteiger partial charge is 0.330 e. The van der Waals surface area contributed by atoms with Gasteiger partial charge < -0.3 is 10.6 Å². The van der Waals surface area contributed by atoms with Gasteiger partial charge in [-0.15, -0.1) is 0 Å². The lowest BCUT2D eigenvalue weighted by atomic mass is 9.74. The Balaban J connectivity index is 2.29. The van der Waals surface area contributed by atoms with Crippen LogP contribution >= 0.6 is 0 Å². The topological polar surface area (TPSA) is 29.3 Å². The summed E-state index contributed by atoms with van der Waals surface area (Å²) in [5, 5.41) is 0. The smallest absolute Gasteiger partial charge is 0.00134 e. The van der Waals surface area contributed by atoms with Crippen LogP contribution in [0.25, 0.3) is 0 Å². The molecule has 1 heterocycles. The lowest BCUT2D eigenvalue weighted by Crippen LogP contribution is -2.40. The molecule has 0 aliphatic carbocycles. The van der Waals surface area contributed by atoms with E-state index >= 15 is 0 Å². The predicted molar refractivity (Wildman–Crippen MR) is 85.3 cm³/mol. The van der Waals surface area contributed by atoms with Crippen molar-refractivity contribution in [3.8, 4) is 0 Å². The van der Waals surface area contributed by atoms with Crippen molar-refractivity contribution in [2.75, 3.05) is 26.2 Å². The van der Waals surface area contributed by atoms with E-state index in [1.807, 2.05) is 0 Å². The van der Waals surface area contributed by atoms with Gasteiger partial charge in [0.25, 0.3) is 0 Å². The Hall–Kier alpha value is -0.0800. The molecule has 0 aromatic carbocycles. The Morgan fingerprint density at radius 2 is 1.68 bits per heavy atom. The van der Waals surface area contributed by atoms with Crippen LogP contribution in [0.15, 0.2) is 0 Å². The summed E-state index contributed by atoms with van der Waals surface area (Å²) in [6.07, 6.45) is 8.10. The normalized spacial score (nSPS) is 21.8.